The Bertz CT molecular complexity index is 736. The average molecular weight is 409 g/mol. The van der Waals surface area contributed by atoms with E-state index in [1.54, 1.807) is 49.6 Å². The Balaban J connectivity index is 0.00000392. The molecule has 0 heterocycles. The number of nitrogens with two attached hydrogens (primary N) is 1. The molecule has 6 nitrogen and oxygen atoms in total. The van der Waals surface area contributed by atoms with E-state index < -0.39 is 0 Å². The molecular weight excluding hydrogens is 380 g/mol. The standard InChI is InChI=1S/C21H28N2O4.ClH/c1-15(2)10-12-27-19-9-4-16(14-20(19)25-3)21(24)23-17-5-7-18(8-6-17)26-13-11-22;/h4-9,14-15H,10-13,22H2,1-3H3,(H,23,24);1H. The summed E-state index contributed by atoms with van der Waals surface area (Å²) in [6, 6.07) is 12.3. The lowest BCUT2D eigenvalue weighted by atomic mass is 10.1. The number of methoxy groups -OCH3 is 1. The zero-order valence-corrected chi connectivity index (χ0v) is 17.4. The first-order valence-corrected chi connectivity index (χ1v) is 9.08. The number of ether oxygens (including phenoxy) is 3. The molecule has 2 aromatic rings. The van der Waals surface area contributed by atoms with Gasteiger partial charge in [0.2, 0.25) is 0 Å². The van der Waals surface area contributed by atoms with Crippen LogP contribution in [0.1, 0.15) is 30.6 Å². The van der Waals surface area contributed by atoms with Gasteiger partial charge in [-0.2, -0.15) is 0 Å². The molecule has 0 bridgehead atoms. The van der Waals surface area contributed by atoms with Crippen molar-refractivity contribution in [3.63, 3.8) is 0 Å². The monoisotopic (exact) mass is 408 g/mol. The molecule has 0 saturated heterocycles. The summed E-state index contributed by atoms with van der Waals surface area (Å²) >= 11 is 0. The minimum absolute atomic E-state index is 0. The summed E-state index contributed by atoms with van der Waals surface area (Å²) in [5.41, 5.74) is 6.58. The molecule has 154 valence electrons. The third-order valence-corrected chi connectivity index (χ3v) is 3.88. The molecule has 0 radical (unpaired) electrons. The van der Waals surface area contributed by atoms with Gasteiger partial charge in [0.05, 0.1) is 13.7 Å². The number of halogens is 1. The normalized spacial score (nSPS) is 10.2. The second kappa shape index (κ2) is 12.1. The van der Waals surface area contributed by atoms with Crippen LogP contribution in [0.5, 0.6) is 17.2 Å². The highest BCUT2D eigenvalue weighted by Crippen LogP contribution is 2.29. The van der Waals surface area contributed by atoms with E-state index in [1.807, 2.05) is 0 Å². The van der Waals surface area contributed by atoms with Crippen LogP contribution >= 0.6 is 12.4 Å². The number of anilines is 1. The fourth-order valence-electron chi connectivity index (χ4n) is 2.35. The summed E-state index contributed by atoms with van der Waals surface area (Å²) in [6.07, 6.45) is 0.955. The predicted octanol–water partition coefficient (Wildman–Crippen LogP) is 4.13. The molecule has 0 aliphatic carbocycles. The molecule has 0 aliphatic rings. The molecular formula is C21H29ClN2O4. The zero-order chi connectivity index (χ0) is 19.6. The zero-order valence-electron chi connectivity index (χ0n) is 16.6. The van der Waals surface area contributed by atoms with Crippen molar-refractivity contribution < 1.29 is 19.0 Å². The van der Waals surface area contributed by atoms with Crippen molar-refractivity contribution in [3.05, 3.63) is 48.0 Å². The van der Waals surface area contributed by atoms with Gasteiger partial charge in [0, 0.05) is 17.8 Å². The summed E-state index contributed by atoms with van der Waals surface area (Å²) in [5.74, 6) is 2.22. The molecule has 0 unspecified atom stereocenters. The molecule has 7 heteroatoms. The second-order valence-corrected chi connectivity index (χ2v) is 6.51. The van der Waals surface area contributed by atoms with Gasteiger partial charge in [-0.3, -0.25) is 4.79 Å². The number of amides is 1. The number of nitrogens with one attached hydrogen (secondary N) is 1. The number of benzene rings is 2. The van der Waals surface area contributed by atoms with Gasteiger partial charge in [-0.1, -0.05) is 13.8 Å². The molecule has 1 amide bonds. The molecule has 3 N–H and O–H groups in total. The lowest BCUT2D eigenvalue weighted by Crippen LogP contribution is -2.13. The van der Waals surface area contributed by atoms with Crippen molar-refractivity contribution in [1.29, 1.82) is 0 Å². The summed E-state index contributed by atoms with van der Waals surface area (Å²) in [4.78, 5) is 12.5. The van der Waals surface area contributed by atoms with E-state index >= 15 is 0 Å². The van der Waals surface area contributed by atoms with Crippen LogP contribution in [0, 0.1) is 5.92 Å². The minimum Gasteiger partial charge on any atom is -0.493 e. The van der Waals surface area contributed by atoms with Gasteiger partial charge in [0.25, 0.3) is 5.91 Å². The SMILES string of the molecule is COc1cc(C(=O)Nc2ccc(OCCN)cc2)ccc1OCCC(C)C.Cl. The quantitative estimate of drug-likeness (QED) is 0.617. The van der Waals surface area contributed by atoms with Gasteiger partial charge >= 0.3 is 0 Å². The average Bonchev–Trinajstić information content (AvgIpc) is 2.67. The van der Waals surface area contributed by atoms with Gasteiger partial charge in [-0.05, 0) is 54.8 Å². The van der Waals surface area contributed by atoms with Crippen LogP contribution in [-0.4, -0.2) is 32.8 Å². The van der Waals surface area contributed by atoms with Crippen molar-refractivity contribution in [2.45, 2.75) is 20.3 Å². The number of rotatable bonds is 10. The van der Waals surface area contributed by atoms with Crippen molar-refractivity contribution in [2.24, 2.45) is 11.7 Å². The molecule has 2 aromatic carbocycles. The minimum atomic E-state index is -0.224. The molecule has 0 aromatic heterocycles. The number of hydrogen-bond donors (Lipinski definition) is 2. The van der Waals surface area contributed by atoms with E-state index in [2.05, 4.69) is 19.2 Å². The highest BCUT2D eigenvalue weighted by Gasteiger charge is 2.12. The molecule has 0 aliphatic heterocycles. The van der Waals surface area contributed by atoms with Crippen LogP contribution in [-0.2, 0) is 0 Å². The van der Waals surface area contributed by atoms with E-state index in [0.717, 1.165) is 6.42 Å². The van der Waals surface area contributed by atoms with Crippen LogP contribution in [0.25, 0.3) is 0 Å². The Kier molecular flexibility index (Phi) is 10.2. The van der Waals surface area contributed by atoms with Crippen molar-refractivity contribution in [1.82, 2.24) is 0 Å². The van der Waals surface area contributed by atoms with Gasteiger partial charge in [-0.25, -0.2) is 0 Å². The van der Waals surface area contributed by atoms with Crippen molar-refractivity contribution in [3.8, 4) is 17.2 Å². The maximum atomic E-state index is 12.5. The first-order chi connectivity index (χ1) is 13.0. The summed E-state index contributed by atoms with van der Waals surface area (Å²) in [6.45, 7) is 5.81. The van der Waals surface area contributed by atoms with Crippen molar-refractivity contribution >= 4 is 24.0 Å². The second-order valence-electron chi connectivity index (χ2n) is 6.51. The van der Waals surface area contributed by atoms with Crippen LogP contribution in [0.4, 0.5) is 5.69 Å². The summed E-state index contributed by atoms with van der Waals surface area (Å²) in [5, 5.41) is 2.85. The first-order valence-electron chi connectivity index (χ1n) is 9.08. The van der Waals surface area contributed by atoms with E-state index in [9.17, 15) is 4.79 Å². The van der Waals surface area contributed by atoms with Crippen LogP contribution in [0.3, 0.4) is 0 Å². The maximum Gasteiger partial charge on any atom is 0.255 e. The topological polar surface area (TPSA) is 82.8 Å². The smallest absolute Gasteiger partial charge is 0.255 e. The van der Waals surface area contributed by atoms with E-state index in [1.165, 1.54) is 0 Å². The number of carbonyl (C=O) groups is 1. The Morgan fingerprint density at radius 1 is 1.04 bits per heavy atom. The van der Waals surface area contributed by atoms with E-state index in [0.29, 0.717) is 54.2 Å². The molecule has 28 heavy (non-hydrogen) atoms. The third kappa shape index (κ3) is 7.29. The Labute approximate surface area is 172 Å². The lowest BCUT2D eigenvalue weighted by molar-refractivity contribution is 0.102. The summed E-state index contributed by atoms with van der Waals surface area (Å²) < 4.78 is 16.5. The highest BCUT2D eigenvalue weighted by molar-refractivity contribution is 6.04. The Morgan fingerprint density at radius 2 is 1.75 bits per heavy atom. The van der Waals surface area contributed by atoms with Gasteiger partial charge < -0.3 is 25.3 Å². The van der Waals surface area contributed by atoms with E-state index in [-0.39, 0.29) is 18.3 Å². The predicted molar refractivity (Wildman–Crippen MR) is 114 cm³/mol. The van der Waals surface area contributed by atoms with Gasteiger partial charge in [0.15, 0.2) is 11.5 Å². The molecule has 0 spiro atoms. The van der Waals surface area contributed by atoms with Crippen LogP contribution in [0.2, 0.25) is 0 Å². The molecule has 0 fully saturated rings. The number of hydrogen-bond acceptors (Lipinski definition) is 5. The Hall–Kier alpha value is -2.44. The fraction of sp³-hybridized carbons (Fsp3) is 0.381. The van der Waals surface area contributed by atoms with E-state index in [4.69, 9.17) is 19.9 Å². The lowest BCUT2D eigenvalue weighted by Gasteiger charge is -2.13. The molecule has 0 saturated carbocycles. The number of carbonyl (C=O) groups excluding carboxylic acids is 1. The Morgan fingerprint density at radius 3 is 2.36 bits per heavy atom. The van der Waals surface area contributed by atoms with Gasteiger partial charge in [-0.15, -0.1) is 12.4 Å². The fourth-order valence-corrected chi connectivity index (χ4v) is 2.35. The van der Waals surface area contributed by atoms with Gasteiger partial charge in [0.1, 0.15) is 12.4 Å². The van der Waals surface area contributed by atoms with Crippen molar-refractivity contribution in [2.75, 3.05) is 32.2 Å². The third-order valence-electron chi connectivity index (χ3n) is 3.88. The molecule has 0 atom stereocenters. The van der Waals surface area contributed by atoms with Crippen LogP contribution < -0.4 is 25.3 Å². The largest absolute Gasteiger partial charge is 0.493 e. The van der Waals surface area contributed by atoms with Crippen LogP contribution in [0.15, 0.2) is 42.5 Å². The molecule has 2 rings (SSSR count). The summed E-state index contributed by atoms with van der Waals surface area (Å²) in [7, 11) is 1.56. The maximum absolute atomic E-state index is 12.5. The highest BCUT2D eigenvalue weighted by atomic mass is 35.5. The first kappa shape index (κ1) is 23.6.